The highest BCUT2D eigenvalue weighted by atomic mass is 79.9. The summed E-state index contributed by atoms with van der Waals surface area (Å²) in [5, 5.41) is 13.1. The SMILES string of the molecule is Oc1ccc2c(c1)CCNC2c1ccc(Br)cc1. The van der Waals surface area contributed by atoms with E-state index < -0.39 is 0 Å². The Morgan fingerprint density at radius 2 is 1.89 bits per heavy atom. The van der Waals surface area contributed by atoms with Crippen LogP contribution in [0.25, 0.3) is 0 Å². The fraction of sp³-hybridized carbons (Fsp3) is 0.200. The lowest BCUT2D eigenvalue weighted by atomic mass is 9.90. The minimum atomic E-state index is 0.224. The van der Waals surface area contributed by atoms with Crippen LogP contribution in [0.15, 0.2) is 46.9 Å². The lowest BCUT2D eigenvalue weighted by Crippen LogP contribution is -2.30. The molecule has 1 heterocycles. The molecule has 0 bridgehead atoms. The molecule has 1 aliphatic rings. The van der Waals surface area contributed by atoms with Crippen LogP contribution in [0.3, 0.4) is 0 Å². The zero-order valence-electron chi connectivity index (χ0n) is 9.86. The van der Waals surface area contributed by atoms with E-state index in [-0.39, 0.29) is 6.04 Å². The molecule has 0 spiro atoms. The highest BCUT2D eigenvalue weighted by molar-refractivity contribution is 9.10. The van der Waals surface area contributed by atoms with Crippen molar-refractivity contribution >= 4 is 15.9 Å². The van der Waals surface area contributed by atoms with E-state index in [1.54, 1.807) is 6.07 Å². The third-order valence-corrected chi connectivity index (χ3v) is 3.91. The van der Waals surface area contributed by atoms with E-state index in [2.05, 4.69) is 45.5 Å². The summed E-state index contributed by atoms with van der Waals surface area (Å²) in [6.45, 7) is 0.942. The Morgan fingerprint density at radius 1 is 1.11 bits per heavy atom. The number of aromatic hydroxyl groups is 1. The van der Waals surface area contributed by atoms with Gasteiger partial charge in [-0.2, -0.15) is 0 Å². The van der Waals surface area contributed by atoms with Gasteiger partial charge in [0.15, 0.2) is 0 Å². The third-order valence-electron chi connectivity index (χ3n) is 3.38. The van der Waals surface area contributed by atoms with Crippen LogP contribution in [-0.4, -0.2) is 11.7 Å². The van der Waals surface area contributed by atoms with Crippen LogP contribution >= 0.6 is 15.9 Å². The van der Waals surface area contributed by atoms with E-state index in [0.717, 1.165) is 17.4 Å². The van der Waals surface area contributed by atoms with Gasteiger partial charge in [0.1, 0.15) is 5.75 Å². The van der Waals surface area contributed by atoms with Crippen LogP contribution in [0.2, 0.25) is 0 Å². The number of halogens is 1. The molecule has 2 nitrogen and oxygen atoms in total. The Hall–Kier alpha value is -1.32. The maximum atomic E-state index is 9.55. The first kappa shape index (κ1) is 11.8. The van der Waals surface area contributed by atoms with Crippen molar-refractivity contribution in [3.05, 3.63) is 63.6 Å². The van der Waals surface area contributed by atoms with Gasteiger partial charge in [-0.3, -0.25) is 0 Å². The van der Waals surface area contributed by atoms with E-state index in [9.17, 15) is 5.11 Å². The van der Waals surface area contributed by atoms with Crippen LogP contribution in [0.5, 0.6) is 5.75 Å². The predicted molar refractivity (Wildman–Crippen MR) is 75.8 cm³/mol. The van der Waals surface area contributed by atoms with Crippen LogP contribution < -0.4 is 5.32 Å². The Labute approximate surface area is 115 Å². The lowest BCUT2D eigenvalue weighted by molar-refractivity contribution is 0.471. The Bertz CT molecular complexity index is 565. The second-order valence-electron chi connectivity index (χ2n) is 4.57. The minimum Gasteiger partial charge on any atom is -0.508 e. The summed E-state index contributed by atoms with van der Waals surface area (Å²) in [5.41, 5.74) is 3.76. The summed E-state index contributed by atoms with van der Waals surface area (Å²) in [7, 11) is 0. The number of nitrogens with one attached hydrogen (secondary N) is 1. The number of hydrogen-bond acceptors (Lipinski definition) is 2. The summed E-state index contributed by atoms with van der Waals surface area (Å²) in [5.74, 6) is 0.352. The van der Waals surface area contributed by atoms with Crippen LogP contribution in [-0.2, 0) is 6.42 Å². The summed E-state index contributed by atoms with van der Waals surface area (Å²) >= 11 is 3.46. The minimum absolute atomic E-state index is 0.224. The molecule has 0 saturated carbocycles. The molecule has 3 heteroatoms. The first-order valence-corrected chi connectivity index (χ1v) is 6.84. The lowest BCUT2D eigenvalue weighted by Gasteiger charge is -2.27. The maximum Gasteiger partial charge on any atom is 0.115 e. The van der Waals surface area contributed by atoms with Crippen molar-refractivity contribution < 1.29 is 5.11 Å². The Kier molecular flexibility index (Phi) is 3.10. The third kappa shape index (κ3) is 2.16. The number of benzene rings is 2. The zero-order chi connectivity index (χ0) is 12.5. The average Bonchev–Trinajstić information content (AvgIpc) is 2.38. The largest absolute Gasteiger partial charge is 0.508 e. The molecule has 18 heavy (non-hydrogen) atoms. The number of hydrogen-bond donors (Lipinski definition) is 2. The topological polar surface area (TPSA) is 32.3 Å². The molecule has 2 N–H and O–H groups in total. The van der Waals surface area contributed by atoms with Crippen molar-refractivity contribution in [3.63, 3.8) is 0 Å². The smallest absolute Gasteiger partial charge is 0.115 e. The van der Waals surface area contributed by atoms with Crippen molar-refractivity contribution in [2.45, 2.75) is 12.5 Å². The van der Waals surface area contributed by atoms with Gasteiger partial charge in [-0.1, -0.05) is 34.1 Å². The van der Waals surface area contributed by atoms with Gasteiger partial charge in [-0.15, -0.1) is 0 Å². The molecule has 1 aliphatic heterocycles. The van der Waals surface area contributed by atoms with Crippen molar-refractivity contribution in [1.82, 2.24) is 5.32 Å². The molecule has 1 atom stereocenters. The van der Waals surface area contributed by atoms with Crippen LogP contribution in [0.4, 0.5) is 0 Å². The molecular weight excluding hydrogens is 290 g/mol. The number of rotatable bonds is 1. The highest BCUT2D eigenvalue weighted by Gasteiger charge is 2.21. The van der Waals surface area contributed by atoms with Crippen LogP contribution in [0.1, 0.15) is 22.7 Å². The van der Waals surface area contributed by atoms with Crippen molar-refractivity contribution in [2.24, 2.45) is 0 Å². The van der Waals surface area contributed by atoms with Gasteiger partial charge in [-0.05, 0) is 47.4 Å². The second-order valence-corrected chi connectivity index (χ2v) is 5.49. The number of phenolic OH excluding ortho intramolecular Hbond substituents is 1. The van der Waals surface area contributed by atoms with Gasteiger partial charge in [0.25, 0.3) is 0 Å². The van der Waals surface area contributed by atoms with E-state index in [4.69, 9.17) is 0 Å². The molecule has 92 valence electrons. The first-order valence-electron chi connectivity index (χ1n) is 6.05. The predicted octanol–water partition coefficient (Wildman–Crippen LogP) is 3.39. The average molecular weight is 304 g/mol. The van der Waals surface area contributed by atoms with Crippen molar-refractivity contribution in [1.29, 1.82) is 0 Å². The van der Waals surface area contributed by atoms with Crippen molar-refractivity contribution in [3.8, 4) is 5.75 Å². The molecule has 0 radical (unpaired) electrons. The molecule has 2 aromatic rings. The normalized spacial score (nSPS) is 18.4. The molecule has 1 unspecified atom stereocenters. The molecule has 0 aromatic heterocycles. The monoisotopic (exact) mass is 303 g/mol. The molecule has 2 aromatic carbocycles. The van der Waals surface area contributed by atoms with Gasteiger partial charge >= 0.3 is 0 Å². The van der Waals surface area contributed by atoms with E-state index in [1.807, 2.05) is 12.1 Å². The van der Waals surface area contributed by atoms with Crippen LogP contribution in [0, 0.1) is 0 Å². The summed E-state index contributed by atoms with van der Waals surface area (Å²) < 4.78 is 1.09. The van der Waals surface area contributed by atoms with E-state index >= 15 is 0 Å². The van der Waals surface area contributed by atoms with Crippen molar-refractivity contribution in [2.75, 3.05) is 6.54 Å². The fourth-order valence-corrected chi connectivity index (χ4v) is 2.77. The number of phenols is 1. The fourth-order valence-electron chi connectivity index (χ4n) is 2.50. The van der Waals surface area contributed by atoms with E-state index in [0.29, 0.717) is 5.75 Å². The first-order chi connectivity index (χ1) is 8.74. The number of fused-ring (bicyclic) bond motifs is 1. The molecular formula is C15H14BrNO. The van der Waals surface area contributed by atoms with Gasteiger partial charge in [-0.25, -0.2) is 0 Å². The van der Waals surface area contributed by atoms with E-state index in [1.165, 1.54) is 16.7 Å². The molecule has 0 fully saturated rings. The quantitative estimate of drug-likeness (QED) is 0.846. The molecule has 3 rings (SSSR count). The Morgan fingerprint density at radius 3 is 2.67 bits per heavy atom. The maximum absolute atomic E-state index is 9.55. The van der Waals surface area contributed by atoms with Gasteiger partial charge in [0.2, 0.25) is 0 Å². The molecule has 0 aliphatic carbocycles. The van der Waals surface area contributed by atoms with Gasteiger partial charge in [0, 0.05) is 11.0 Å². The summed E-state index contributed by atoms with van der Waals surface area (Å²) in [4.78, 5) is 0. The summed E-state index contributed by atoms with van der Waals surface area (Å²) in [6.07, 6.45) is 0.969. The van der Waals surface area contributed by atoms with Gasteiger partial charge < -0.3 is 10.4 Å². The second kappa shape index (κ2) is 4.75. The Balaban J connectivity index is 2.03. The summed E-state index contributed by atoms with van der Waals surface area (Å²) in [6, 6.07) is 14.3. The standard InChI is InChI=1S/C15H14BrNO/c16-12-3-1-10(2-4-12)15-14-6-5-13(18)9-11(14)7-8-17-15/h1-6,9,15,17-18H,7-8H2. The molecule has 0 saturated heterocycles. The van der Waals surface area contributed by atoms with Gasteiger partial charge in [0.05, 0.1) is 6.04 Å². The molecule has 0 amide bonds. The zero-order valence-corrected chi connectivity index (χ0v) is 11.4. The highest BCUT2D eigenvalue weighted by Crippen LogP contribution is 2.31.